The molecule has 0 bridgehead atoms. The van der Waals surface area contributed by atoms with E-state index in [0.717, 1.165) is 22.3 Å². The summed E-state index contributed by atoms with van der Waals surface area (Å²) in [6.07, 6.45) is 3.84. The Morgan fingerprint density at radius 1 is 1.11 bits per heavy atom. The van der Waals surface area contributed by atoms with Crippen LogP contribution in [0.5, 0.6) is 11.5 Å². The number of nitriles is 1. The van der Waals surface area contributed by atoms with Gasteiger partial charge >= 0.3 is 0 Å². The van der Waals surface area contributed by atoms with Gasteiger partial charge in [-0.2, -0.15) is 5.26 Å². The largest absolute Gasteiger partial charge is 0.490 e. The molecule has 0 radical (unpaired) electrons. The van der Waals surface area contributed by atoms with Gasteiger partial charge in [-0.05, 0) is 80.3 Å². The van der Waals surface area contributed by atoms with E-state index in [9.17, 15) is 10.1 Å². The molecule has 1 N–H and O–H groups in total. The number of nitrogens with zero attached hydrogens (tertiary/aromatic N) is 1. The Morgan fingerprint density at radius 2 is 1.86 bits per heavy atom. The second-order valence-electron chi connectivity index (χ2n) is 8.29. The number of carbonyl (C=O) groups is 1. The van der Waals surface area contributed by atoms with Crippen molar-refractivity contribution < 1.29 is 14.3 Å². The summed E-state index contributed by atoms with van der Waals surface area (Å²) in [6, 6.07) is 18.8. The molecule has 0 aliphatic rings. The van der Waals surface area contributed by atoms with Crippen LogP contribution >= 0.6 is 11.6 Å². The lowest BCUT2D eigenvalue weighted by atomic mass is 10.0. The maximum atomic E-state index is 12.9. The Bertz CT molecular complexity index is 1320. The molecule has 3 rings (SSSR count). The molecule has 0 heterocycles. The molecule has 0 saturated carbocycles. The highest BCUT2D eigenvalue weighted by molar-refractivity contribution is 6.30. The lowest BCUT2D eigenvalue weighted by molar-refractivity contribution is -0.112. The first-order valence-corrected chi connectivity index (χ1v) is 12.0. The Labute approximate surface area is 217 Å². The van der Waals surface area contributed by atoms with Crippen LogP contribution in [0.15, 0.2) is 72.8 Å². The summed E-state index contributed by atoms with van der Waals surface area (Å²) < 4.78 is 12.0. The third-order valence-electron chi connectivity index (χ3n) is 5.42. The second kappa shape index (κ2) is 12.6. The van der Waals surface area contributed by atoms with Gasteiger partial charge in [0.2, 0.25) is 0 Å². The summed E-state index contributed by atoms with van der Waals surface area (Å²) in [5.41, 5.74) is 5.12. The lowest BCUT2D eigenvalue weighted by Crippen LogP contribution is -2.14. The fraction of sp³-hybridized carbons (Fsp3) is 0.200. The van der Waals surface area contributed by atoms with Crippen LogP contribution in [0.1, 0.15) is 34.7 Å². The van der Waals surface area contributed by atoms with Gasteiger partial charge in [0.15, 0.2) is 11.5 Å². The van der Waals surface area contributed by atoms with Gasteiger partial charge in [-0.25, -0.2) is 0 Å². The van der Waals surface area contributed by atoms with Crippen LogP contribution in [-0.4, -0.2) is 12.5 Å². The molecule has 0 aliphatic heterocycles. The number of nitrogens with one attached hydrogen (secondary N) is 1. The number of carbonyl (C=O) groups excluding carboxylic acids is 1. The Hall–Kier alpha value is -4.01. The number of benzene rings is 3. The fourth-order valence-electron chi connectivity index (χ4n) is 3.70. The molecule has 5 nitrogen and oxygen atoms in total. The van der Waals surface area contributed by atoms with Crippen molar-refractivity contribution in [3.63, 3.8) is 0 Å². The third-order valence-corrected chi connectivity index (χ3v) is 5.67. The van der Waals surface area contributed by atoms with E-state index in [1.54, 1.807) is 18.2 Å². The first-order valence-electron chi connectivity index (χ1n) is 11.6. The number of hydrogen-bond donors (Lipinski definition) is 1. The normalized spacial score (nSPS) is 10.9. The minimum Gasteiger partial charge on any atom is -0.490 e. The van der Waals surface area contributed by atoms with Crippen molar-refractivity contribution in [2.75, 3.05) is 11.9 Å². The summed E-state index contributed by atoms with van der Waals surface area (Å²) in [5, 5.41) is 13.2. The molecule has 0 saturated heterocycles. The number of hydrogen-bond acceptors (Lipinski definition) is 4. The first-order chi connectivity index (χ1) is 17.3. The Kier molecular flexibility index (Phi) is 9.32. The Morgan fingerprint density at radius 3 is 2.50 bits per heavy atom. The fourth-order valence-corrected chi connectivity index (χ4v) is 3.82. The smallest absolute Gasteiger partial charge is 0.266 e. The standard InChI is InChI=1S/C30H29ClN2O3/c1-5-7-24-15-23(16-25(18-32)30(34)33-27-13-8-20(3)14-21(27)4)17-28(35-6-2)29(24)36-19-22-9-11-26(31)12-10-22/h5,8-17H,1,6-7,19H2,2-4H3,(H,33,34)/b25-16+. The van der Waals surface area contributed by atoms with Gasteiger partial charge < -0.3 is 14.8 Å². The van der Waals surface area contributed by atoms with Gasteiger partial charge in [-0.15, -0.1) is 6.58 Å². The molecular formula is C30H29ClN2O3. The lowest BCUT2D eigenvalue weighted by Gasteiger charge is -2.17. The van der Waals surface area contributed by atoms with Crippen molar-refractivity contribution in [1.82, 2.24) is 0 Å². The maximum absolute atomic E-state index is 12.9. The summed E-state index contributed by atoms with van der Waals surface area (Å²) in [6.45, 7) is 10.4. The molecule has 0 atom stereocenters. The van der Waals surface area contributed by atoms with Crippen LogP contribution in [0.4, 0.5) is 5.69 Å². The number of aryl methyl sites for hydroxylation is 2. The minimum atomic E-state index is -0.476. The molecule has 3 aromatic carbocycles. The molecule has 0 aromatic heterocycles. The van der Waals surface area contributed by atoms with Crippen molar-refractivity contribution in [2.24, 2.45) is 0 Å². The van der Waals surface area contributed by atoms with Crippen LogP contribution in [0.2, 0.25) is 5.02 Å². The van der Waals surface area contributed by atoms with Crippen molar-refractivity contribution in [3.8, 4) is 17.6 Å². The molecule has 36 heavy (non-hydrogen) atoms. The molecule has 0 unspecified atom stereocenters. The predicted octanol–water partition coefficient (Wildman–Crippen LogP) is 7.21. The quantitative estimate of drug-likeness (QED) is 0.181. The topological polar surface area (TPSA) is 71.4 Å². The number of allylic oxidation sites excluding steroid dienone is 1. The van der Waals surface area contributed by atoms with E-state index in [1.165, 1.54) is 0 Å². The van der Waals surface area contributed by atoms with Gasteiger partial charge in [0.25, 0.3) is 5.91 Å². The molecular weight excluding hydrogens is 472 g/mol. The zero-order valence-electron chi connectivity index (χ0n) is 20.7. The predicted molar refractivity (Wildman–Crippen MR) is 145 cm³/mol. The monoisotopic (exact) mass is 500 g/mol. The number of amides is 1. The van der Waals surface area contributed by atoms with Gasteiger partial charge in [0.05, 0.1) is 6.61 Å². The van der Waals surface area contributed by atoms with Crippen LogP contribution in [-0.2, 0) is 17.8 Å². The highest BCUT2D eigenvalue weighted by Crippen LogP contribution is 2.35. The summed E-state index contributed by atoms with van der Waals surface area (Å²) in [4.78, 5) is 12.9. The van der Waals surface area contributed by atoms with E-state index in [0.29, 0.717) is 47.4 Å². The SMILES string of the molecule is C=CCc1cc(/C=C(\C#N)C(=O)Nc2ccc(C)cc2C)cc(OCC)c1OCc1ccc(Cl)cc1. The second-order valence-corrected chi connectivity index (χ2v) is 8.73. The number of anilines is 1. The van der Waals surface area contributed by atoms with E-state index >= 15 is 0 Å². The highest BCUT2D eigenvalue weighted by atomic mass is 35.5. The minimum absolute atomic E-state index is 0.0168. The van der Waals surface area contributed by atoms with E-state index in [1.807, 2.05) is 75.4 Å². The van der Waals surface area contributed by atoms with Gasteiger partial charge in [-0.1, -0.05) is 47.5 Å². The molecule has 1 amide bonds. The van der Waals surface area contributed by atoms with Crippen molar-refractivity contribution in [2.45, 2.75) is 33.8 Å². The average Bonchev–Trinajstić information content (AvgIpc) is 2.85. The molecule has 6 heteroatoms. The van der Waals surface area contributed by atoms with Gasteiger partial charge in [-0.3, -0.25) is 4.79 Å². The van der Waals surface area contributed by atoms with Crippen molar-refractivity contribution >= 4 is 29.3 Å². The van der Waals surface area contributed by atoms with Crippen LogP contribution in [0.25, 0.3) is 6.08 Å². The highest BCUT2D eigenvalue weighted by Gasteiger charge is 2.16. The molecule has 0 aliphatic carbocycles. The molecule has 3 aromatic rings. The van der Waals surface area contributed by atoms with Gasteiger partial charge in [0.1, 0.15) is 18.2 Å². The van der Waals surface area contributed by atoms with Crippen LogP contribution in [0.3, 0.4) is 0 Å². The van der Waals surface area contributed by atoms with Crippen molar-refractivity contribution in [1.29, 1.82) is 5.26 Å². The maximum Gasteiger partial charge on any atom is 0.266 e. The molecule has 0 fully saturated rings. The average molecular weight is 501 g/mol. The Balaban J connectivity index is 1.93. The summed E-state index contributed by atoms with van der Waals surface area (Å²) >= 11 is 5.99. The summed E-state index contributed by atoms with van der Waals surface area (Å²) in [5.74, 6) is 0.655. The van der Waals surface area contributed by atoms with Crippen LogP contribution in [0, 0.1) is 25.2 Å². The van der Waals surface area contributed by atoms with E-state index < -0.39 is 5.91 Å². The molecule has 184 valence electrons. The number of ether oxygens (including phenoxy) is 2. The van der Waals surface area contributed by atoms with E-state index in [-0.39, 0.29) is 5.57 Å². The van der Waals surface area contributed by atoms with Crippen LogP contribution < -0.4 is 14.8 Å². The van der Waals surface area contributed by atoms with E-state index in [2.05, 4.69) is 11.9 Å². The summed E-state index contributed by atoms with van der Waals surface area (Å²) in [7, 11) is 0. The zero-order valence-corrected chi connectivity index (χ0v) is 21.5. The van der Waals surface area contributed by atoms with Crippen molar-refractivity contribution in [3.05, 3.63) is 106 Å². The number of halogens is 1. The van der Waals surface area contributed by atoms with E-state index in [4.69, 9.17) is 21.1 Å². The zero-order chi connectivity index (χ0) is 26.1. The molecule has 0 spiro atoms. The van der Waals surface area contributed by atoms with Gasteiger partial charge in [0, 0.05) is 16.3 Å². The third kappa shape index (κ3) is 7.00. The number of rotatable bonds is 10. The first kappa shape index (κ1) is 26.6.